The molecule has 0 aromatic carbocycles. The Bertz CT molecular complexity index is 405. The van der Waals surface area contributed by atoms with Gasteiger partial charge in [-0.25, -0.2) is 0 Å². The van der Waals surface area contributed by atoms with Gasteiger partial charge in [-0.05, 0) is 18.6 Å². The number of imidazole rings is 1. The number of aromatic amines is 1. The summed E-state index contributed by atoms with van der Waals surface area (Å²) in [5, 5.41) is 9.57. The molecule has 1 rings (SSSR count). The van der Waals surface area contributed by atoms with Crippen LogP contribution >= 0.6 is 12.2 Å². The van der Waals surface area contributed by atoms with Gasteiger partial charge in [0.25, 0.3) is 0 Å². The van der Waals surface area contributed by atoms with Gasteiger partial charge in [0.2, 0.25) is 11.8 Å². The molecule has 4 nitrogen and oxygen atoms in total. The van der Waals surface area contributed by atoms with Crippen LogP contribution in [-0.4, -0.2) is 20.6 Å². The van der Waals surface area contributed by atoms with Gasteiger partial charge in [0.05, 0.1) is 5.69 Å². The first-order chi connectivity index (χ1) is 6.49. The molecule has 0 spiro atoms. The average molecular weight is 214 g/mol. The summed E-state index contributed by atoms with van der Waals surface area (Å²) in [7, 11) is 0. The molecular formula is C9H14N2O2S. The van der Waals surface area contributed by atoms with Crippen LogP contribution in [0.15, 0.2) is 0 Å². The summed E-state index contributed by atoms with van der Waals surface area (Å²) in [6, 6.07) is 0. The van der Waals surface area contributed by atoms with Crippen molar-refractivity contribution in [3.05, 3.63) is 10.5 Å². The summed E-state index contributed by atoms with van der Waals surface area (Å²) in [6.45, 7) is 5.36. The van der Waals surface area contributed by atoms with E-state index in [4.69, 9.17) is 12.2 Å². The monoisotopic (exact) mass is 214 g/mol. The Balaban J connectivity index is 3.39. The van der Waals surface area contributed by atoms with Crippen molar-refractivity contribution < 1.29 is 9.90 Å². The summed E-state index contributed by atoms with van der Waals surface area (Å²) in [4.78, 5) is 13.9. The van der Waals surface area contributed by atoms with E-state index in [1.165, 1.54) is 11.5 Å². The lowest BCUT2D eigenvalue weighted by Gasteiger charge is -2.10. The summed E-state index contributed by atoms with van der Waals surface area (Å²) >= 11 is 4.93. The van der Waals surface area contributed by atoms with Crippen molar-refractivity contribution in [2.45, 2.75) is 33.1 Å². The molecule has 0 radical (unpaired) electrons. The van der Waals surface area contributed by atoms with Crippen molar-refractivity contribution in [2.75, 3.05) is 0 Å². The molecule has 1 unspecified atom stereocenters. The van der Waals surface area contributed by atoms with Crippen LogP contribution in [0, 0.1) is 4.77 Å². The summed E-state index contributed by atoms with van der Waals surface area (Å²) in [5.74, 6) is -0.0757. The first-order valence-corrected chi connectivity index (χ1v) is 4.94. The van der Waals surface area contributed by atoms with Gasteiger partial charge in [0.1, 0.15) is 0 Å². The molecule has 0 amide bonds. The van der Waals surface area contributed by atoms with Gasteiger partial charge < -0.3 is 10.1 Å². The van der Waals surface area contributed by atoms with Crippen molar-refractivity contribution in [3.8, 4) is 5.88 Å². The van der Waals surface area contributed by atoms with Crippen LogP contribution in [0.2, 0.25) is 0 Å². The van der Waals surface area contributed by atoms with Crippen LogP contribution < -0.4 is 0 Å². The molecule has 0 aliphatic carbocycles. The predicted octanol–water partition coefficient (Wildman–Crippen LogP) is 2.42. The third kappa shape index (κ3) is 1.72. The molecule has 2 N–H and O–H groups in total. The molecule has 78 valence electrons. The molecule has 0 saturated carbocycles. The highest BCUT2D eigenvalue weighted by Crippen LogP contribution is 2.27. The first kappa shape index (κ1) is 11.0. The first-order valence-electron chi connectivity index (χ1n) is 4.53. The zero-order chi connectivity index (χ0) is 10.9. The minimum Gasteiger partial charge on any atom is -0.493 e. The maximum Gasteiger partial charge on any atom is 0.230 e. The topological polar surface area (TPSA) is 58.0 Å². The fourth-order valence-corrected chi connectivity index (χ4v) is 1.72. The third-order valence-electron chi connectivity index (χ3n) is 2.31. The molecular weight excluding hydrogens is 200 g/mol. The van der Waals surface area contributed by atoms with Crippen molar-refractivity contribution in [1.29, 1.82) is 0 Å². The Hall–Kier alpha value is -1.10. The quantitative estimate of drug-likeness (QED) is 0.743. The van der Waals surface area contributed by atoms with Crippen molar-refractivity contribution in [1.82, 2.24) is 9.55 Å². The van der Waals surface area contributed by atoms with Crippen molar-refractivity contribution >= 4 is 18.1 Å². The molecule has 1 heterocycles. The van der Waals surface area contributed by atoms with E-state index in [-0.39, 0.29) is 22.5 Å². The van der Waals surface area contributed by atoms with E-state index in [2.05, 4.69) is 4.98 Å². The maximum atomic E-state index is 11.3. The van der Waals surface area contributed by atoms with Gasteiger partial charge in [0, 0.05) is 12.8 Å². The normalized spacial score (nSPS) is 12.8. The van der Waals surface area contributed by atoms with E-state index in [0.29, 0.717) is 5.69 Å². The number of rotatable bonds is 2. The second-order valence-corrected chi connectivity index (χ2v) is 3.71. The standard InChI is InChI=1S/C9H14N2O2S/c1-4-5(2)7-8(13)10-9(14)11(7)6(3)12/h5,13H,4H2,1-3H3,(H,10,14). The Kier molecular flexibility index (Phi) is 3.10. The minimum absolute atomic E-state index is 0.000417. The lowest BCUT2D eigenvalue weighted by Crippen LogP contribution is -2.11. The molecule has 1 aromatic heterocycles. The molecule has 5 heteroatoms. The van der Waals surface area contributed by atoms with Gasteiger partial charge in [-0.3, -0.25) is 9.36 Å². The van der Waals surface area contributed by atoms with Crippen LogP contribution in [0.1, 0.15) is 43.6 Å². The summed E-state index contributed by atoms with van der Waals surface area (Å²) < 4.78 is 1.60. The Morgan fingerprint density at radius 2 is 2.29 bits per heavy atom. The lowest BCUT2D eigenvalue weighted by atomic mass is 10.1. The van der Waals surface area contributed by atoms with E-state index >= 15 is 0 Å². The molecule has 0 bridgehead atoms. The minimum atomic E-state index is -0.179. The van der Waals surface area contributed by atoms with E-state index in [1.807, 2.05) is 13.8 Å². The number of carbonyl (C=O) groups is 1. The fraction of sp³-hybridized carbons (Fsp3) is 0.556. The molecule has 1 aromatic rings. The molecule has 0 fully saturated rings. The number of carbonyl (C=O) groups excluding carboxylic acids is 1. The number of hydrogen-bond acceptors (Lipinski definition) is 3. The van der Waals surface area contributed by atoms with Gasteiger partial charge in [0.15, 0.2) is 4.77 Å². The smallest absolute Gasteiger partial charge is 0.230 e. The fourth-order valence-electron chi connectivity index (χ4n) is 1.40. The second-order valence-electron chi connectivity index (χ2n) is 3.33. The molecule has 0 saturated heterocycles. The van der Waals surface area contributed by atoms with E-state index < -0.39 is 0 Å². The second kappa shape index (κ2) is 3.96. The SMILES string of the molecule is CCC(C)c1c(O)[nH]c(=S)n1C(C)=O. The van der Waals surface area contributed by atoms with Crippen LogP contribution in [0.5, 0.6) is 5.88 Å². The third-order valence-corrected chi connectivity index (χ3v) is 2.59. The zero-order valence-electron chi connectivity index (χ0n) is 8.50. The summed E-state index contributed by atoms with van der Waals surface area (Å²) in [6.07, 6.45) is 0.841. The Morgan fingerprint density at radius 3 is 2.71 bits per heavy atom. The molecule has 0 aliphatic rings. The molecule has 14 heavy (non-hydrogen) atoms. The van der Waals surface area contributed by atoms with Crippen LogP contribution in [0.3, 0.4) is 0 Å². The van der Waals surface area contributed by atoms with E-state index in [1.54, 1.807) is 0 Å². The average Bonchev–Trinajstić information content (AvgIpc) is 2.39. The molecule has 1 atom stereocenters. The Morgan fingerprint density at radius 1 is 1.71 bits per heavy atom. The van der Waals surface area contributed by atoms with Gasteiger partial charge in [-0.1, -0.05) is 13.8 Å². The number of H-pyrrole nitrogens is 1. The largest absolute Gasteiger partial charge is 0.493 e. The number of aromatic nitrogens is 2. The zero-order valence-corrected chi connectivity index (χ0v) is 9.31. The van der Waals surface area contributed by atoms with E-state index in [0.717, 1.165) is 6.42 Å². The van der Waals surface area contributed by atoms with Crippen molar-refractivity contribution in [3.63, 3.8) is 0 Å². The number of aromatic hydroxyl groups is 1. The highest BCUT2D eigenvalue weighted by molar-refractivity contribution is 7.71. The van der Waals surface area contributed by atoms with E-state index in [9.17, 15) is 9.90 Å². The van der Waals surface area contributed by atoms with Crippen LogP contribution in [0.4, 0.5) is 0 Å². The van der Waals surface area contributed by atoms with Crippen LogP contribution in [0.25, 0.3) is 0 Å². The highest BCUT2D eigenvalue weighted by Gasteiger charge is 2.18. The van der Waals surface area contributed by atoms with Crippen LogP contribution in [-0.2, 0) is 0 Å². The number of nitrogens with one attached hydrogen (secondary N) is 1. The predicted molar refractivity (Wildman–Crippen MR) is 56.3 cm³/mol. The number of hydrogen-bond donors (Lipinski definition) is 2. The van der Waals surface area contributed by atoms with Gasteiger partial charge in [-0.2, -0.15) is 0 Å². The Labute approximate surface area is 87.6 Å². The lowest BCUT2D eigenvalue weighted by molar-refractivity contribution is 0.0930. The molecule has 0 aliphatic heterocycles. The maximum absolute atomic E-state index is 11.3. The van der Waals surface area contributed by atoms with Crippen molar-refractivity contribution in [2.24, 2.45) is 0 Å². The van der Waals surface area contributed by atoms with Gasteiger partial charge in [-0.15, -0.1) is 0 Å². The highest BCUT2D eigenvalue weighted by atomic mass is 32.1. The van der Waals surface area contributed by atoms with Gasteiger partial charge >= 0.3 is 0 Å². The summed E-state index contributed by atoms with van der Waals surface area (Å²) in [5.41, 5.74) is 0.574. The number of nitrogens with zero attached hydrogens (tertiary/aromatic N) is 1.